The number of aromatic nitrogens is 4. The summed E-state index contributed by atoms with van der Waals surface area (Å²) in [6.45, 7) is 1.75. The zero-order chi connectivity index (χ0) is 21.3. The fourth-order valence-corrected chi connectivity index (χ4v) is 3.09. The fourth-order valence-electron chi connectivity index (χ4n) is 3.09. The van der Waals surface area contributed by atoms with E-state index in [9.17, 15) is 13.2 Å². The highest BCUT2D eigenvalue weighted by molar-refractivity contribution is 5.78. The van der Waals surface area contributed by atoms with Gasteiger partial charge in [0.15, 0.2) is 5.82 Å². The number of fused-ring (bicyclic) bond motifs is 1. The number of anilines is 1. The molecule has 6 nitrogen and oxygen atoms in total. The van der Waals surface area contributed by atoms with Crippen molar-refractivity contribution >= 4 is 16.9 Å². The Kier molecular flexibility index (Phi) is 4.83. The van der Waals surface area contributed by atoms with Gasteiger partial charge < -0.3 is 5.32 Å². The molecular formula is C21H15F3N6. The molecule has 0 saturated heterocycles. The van der Waals surface area contributed by atoms with Gasteiger partial charge in [0.05, 0.1) is 46.7 Å². The van der Waals surface area contributed by atoms with Crippen LogP contribution >= 0.6 is 0 Å². The topological polar surface area (TPSA) is 79.4 Å². The van der Waals surface area contributed by atoms with Crippen molar-refractivity contribution in [2.45, 2.75) is 19.1 Å². The van der Waals surface area contributed by atoms with Gasteiger partial charge in [0.2, 0.25) is 0 Å². The highest BCUT2D eigenvalue weighted by atomic mass is 19.4. The summed E-state index contributed by atoms with van der Waals surface area (Å²) in [4.78, 5) is 13.0. The second kappa shape index (κ2) is 7.48. The molecular weight excluding hydrogens is 393 g/mol. The van der Waals surface area contributed by atoms with Gasteiger partial charge in [0.1, 0.15) is 12.1 Å². The maximum absolute atomic E-state index is 13.0. The van der Waals surface area contributed by atoms with Crippen molar-refractivity contribution in [3.05, 3.63) is 77.9 Å². The normalized spacial score (nSPS) is 12.5. The minimum absolute atomic E-state index is 0.399. The van der Waals surface area contributed by atoms with E-state index in [0.29, 0.717) is 33.8 Å². The molecule has 0 amide bonds. The van der Waals surface area contributed by atoms with E-state index in [0.717, 1.165) is 12.1 Å². The van der Waals surface area contributed by atoms with E-state index >= 15 is 0 Å². The third kappa shape index (κ3) is 3.80. The van der Waals surface area contributed by atoms with Gasteiger partial charge in [0.25, 0.3) is 0 Å². The Morgan fingerprint density at radius 3 is 2.73 bits per heavy atom. The average molecular weight is 408 g/mol. The Morgan fingerprint density at radius 1 is 1.13 bits per heavy atom. The van der Waals surface area contributed by atoms with Crippen molar-refractivity contribution in [2.24, 2.45) is 0 Å². The van der Waals surface area contributed by atoms with Gasteiger partial charge in [0, 0.05) is 0 Å². The van der Waals surface area contributed by atoms with Crippen LogP contribution in [-0.4, -0.2) is 19.5 Å². The lowest BCUT2D eigenvalue weighted by Gasteiger charge is -2.17. The number of hydrogen-bond donors (Lipinski definition) is 1. The van der Waals surface area contributed by atoms with Gasteiger partial charge in [-0.2, -0.15) is 18.4 Å². The van der Waals surface area contributed by atoms with E-state index in [4.69, 9.17) is 5.26 Å². The van der Waals surface area contributed by atoms with Crippen molar-refractivity contribution in [3.63, 3.8) is 0 Å². The maximum Gasteiger partial charge on any atom is 0.416 e. The summed E-state index contributed by atoms with van der Waals surface area (Å²) in [6.07, 6.45) is 0.212. The maximum atomic E-state index is 13.0. The van der Waals surface area contributed by atoms with Crippen LogP contribution in [0.2, 0.25) is 0 Å². The van der Waals surface area contributed by atoms with Crippen LogP contribution in [-0.2, 0) is 6.18 Å². The van der Waals surface area contributed by atoms with Gasteiger partial charge in [-0.25, -0.2) is 9.97 Å². The van der Waals surface area contributed by atoms with Crippen molar-refractivity contribution < 1.29 is 13.2 Å². The number of halogens is 3. The molecule has 1 unspecified atom stereocenters. The standard InChI is InChI=1S/C21H15F3N6/c1-13(15-3-2-4-16(8-15)21(22,23)24)28-19-10-26-11-20(29-19)30-12-27-17-6-5-14(9-25)7-18(17)30/h2-8,10-13H,1H3,(H,28,29). The number of nitrogens with zero attached hydrogens (tertiary/aromatic N) is 5. The molecule has 1 N–H and O–H groups in total. The van der Waals surface area contributed by atoms with E-state index < -0.39 is 17.8 Å². The largest absolute Gasteiger partial charge is 0.416 e. The van der Waals surface area contributed by atoms with Gasteiger partial charge in [-0.15, -0.1) is 0 Å². The van der Waals surface area contributed by atoms with Crippen LogP contribution in [0.1, 0.15) is 29.7 Å². The number of nitriles is 1. The fraction of sp³-hybridized carbons (Fsp3) is 0.143. The van der Waals surface area contributed by atoms with Crippen molar-refractivity contribution in [2.75, 3.05) is 5.32 Å². The molecule has 2 aromatic heterocycles. The first kappa shape index (κ1) is 19.4. The first-order chi connectivity index (χ1) is 14.3. The van der Waals surface area contributed by atoms with Crippen LogP contribution in [0.15, 0.2) is 61.2 Å². The lowest BCUT2D eigenvalue weighted by atomic mass is 10.0. The van der Waals surface area contributed by atoms with Gasteiger partial charge >= 0.3 is 6.18 Å². The molecule has 9 heteroatoms. The zero-order valence-electron chi connectivity index (χ0n) is 15.7. The number of imidazole rings is 1. The molecule has 2 aromatic carbocycles. The summed E-state index contributed by atoms with van der Waals surface area (Å²) in [5.74, 6) is 0.865. The Balaban J connectivity index is 1.63. The van der Waals surface area contributed by atoms with E-state index in [1.165, 1.54) is 12.3 Å². The van der Waals surface area contributed by atoms with Crippen molar-refractivity contribution in [1.29, 1.82) is 5.26 Å². The Morgan fingerprint density at radius 2 is 1.97 bits per heavy atom. The van der Waals surface area contributed by atoms with E-state index in [1.807, 2.05) is 0 Å². The van der Waals surface area contributed by atoms with Gasteiger partial charge in [-0.05, 0) is 42.8 Å². The first-order valence-electron chi connectivity index (χ1n) is 8.98. The number of nitrogens with one attached hydrogen (secondary N) is 1. The highest BCUT2D eigenvalue weighted by Crippen LogP contribution is 2.31. The number of rotatable bonds is 4. The van der Waals surface area contributed by atoms with Crippen LogP contribution < -0.4 is 5.32 Å². The molecule has 0 spiro atoms. The molecule has 2 heterocycles. The van der Waals surface area contributed by atoms with Crippen LogP contribution in [0.4, 0.5) is 19.0 Å². The smallest absolute Gasteiger partial charge is 0.362 e. The molecule has 0 aliphatic heterocycles. The summed E-state index contributed by atoms with van der Waals surface area (Å²) in [6, 6.07) is 11.9. The second-order valence-corrected chi connectivity index (χ2v) is 6.68. The molecule has 0 aliphatic carbocycles. The van der Waals surface area contributed by atoms with Crippen LogP contribution in [0.5, 0.6) is 0 Å². The summed E-state index contributed by atoms with van der Waals surface area (Å²) in [5.41, 5.74) is 1.66. The summed E-state index contributed by atoms with van der Waals surface area (Å²) < 4.78 is 40.6. The van der Waals surface area contributed by atoms with Crippen LogP contribution in [0.3, 0.4) is 0 Å². The molecule has 1 atom stereocenters. The Labute approximate surface area is 169 Å². The second-order valence-electron chi connectivity index (χ2n) is 6.68. The monoisotopic (exact) mass is 408 g/mol. The average Bonchev–Trinajstić information content (AvgIpc) is 3.16. The molecule has 0 bridgehead atoms. The molecule has 4 aromatic rings. The van der Waals surface area contributed by atoms with E-state index in [2.05, 4.69) is 26.3 Å². The lowest BCUT2D eigenvalue weighted by Crippen LogP contribution is -2.11. The van der Waals surface area contributed by atoms with Gasteiger partial charge in [-0.3, -0.25) is 9.55 Å². The summed E-state index contributed by atoms with van der Waals surface area (Å²) >= 11 is 0. The van der Waals surface area contributed by atoms with E-state index in [1.54, 1.807) is 48.3 Å². The molecule has 150 valence electrons. The molecule has 4 rings (SSSR count). The Hall–Kier alpha value is -3.93. The number of benzene rings is 2. The number of hydrogen-bond acceptors (Lipinski definition) is 5. The van der Waals surface area contributed by atoms with Crippen LogP contribution in [0.25, 0.3) is 16.9 Å². The molecule has 0 saturated carbocycles. The molecule has 0 aliphatic rings. The predicted molar refractivity (Wildman–Crippen MR) is 105 cm³/mol. The minimum atomic E-state index is -4.40. The zero-order valence-corrected chi connectivity index (χ0v) is 15.7. The van der Waals surface area contributed by atoms with Gasteiger partial charge in [-0.1, -0.05) is 12.1 Å². The SMILES string of the molecule is CC(Nc1cncc(-n2cnc3ccc(C#N)cc32)n1)c1cccc(C(F)(F)F)c1. The Bertz CT molecular complexity index is 1260. The van der Waals surface area contributed by atoms with Crippen molar-refractivity contribution in [3.8, 4) is 11.9 Å². The van der Waals surface area contributed by atoms with Crippen molar-refractivity contribution in [1.82, 2.24) is 19.5 Å². The quantitative estimate of drug-likeness (QED) is 0.521. The number of alkyl halides is 3. The third-order valence-electron chi connectivity index (χ3n) is 4.62. The molecule has 30 heavy (non-hydrogen) atoms. The predicted octanol–water partition coefficient (Wildman–Crippen LogP) is 4.88. The lowest BCUT2D eigenvalue weighted by molar-refractivity contribution is -0.137. The molecule has 0 radical (unpaired) electrons. The molecule has 0 fully saturated rings. The first-order valence-corrected chi connectivity index (χ1v) is 8.98. The highest BCUT2D eigenvalue weighted by Gasteiger charge is 2.30. The summed E-state index contributed by atoms with van der Waals surface area (Å²) in [7, 11) is 0. The summed E-state index contributed by atoms with van der Waals surface area (Å²) in [5, 5.41) is 12.2. The van der Waals surface area contributed by atoms with E-state index in [-0.39, 0.29) is 0 Å². The third-order valence-corrected chi connectivity index (χ3v) is 4.62. The van der Waals surface area contributed by atoms with Crippen LogP contribution in [0, 0.1) is 11.3 Å². The minimum Gasteiger partial charge on any atom is -0.362 e.